The molecule has 2 saturated carbocycles. The number of allylic oxidation sites excluding steroid dienone is 1. The second-order valence-corrected chi connectivity index (χ2v) is 11.1. The highest BCUT2D eigenvalue weighted by molar-refractivity contribution is 5.50. The van der Waals surface area contributed by atoms with E-state index in [-0.39, 0.29) is 5.75 Å². The number of hydrogen-bond acceptors (Lipinski definition) is 1. The number of benzene rings is 1. The number of halogens is 5. The monoisotopic (exact) mass is 514 g/mol. The van der Waals surface area contributed by atoms with E-state index in [1.54, 1.807) is 12.1 Å². The van der Waals surface area contributed by atoms with E-state index >= 15 is 0 Å². The van der Waals surface area contributed by atoms with Crippen LogP contribution in [-0.2, 0) is 0 Å². The van der Waals surface area contributed by atoms with Crippen molar-refractivity contribution in [1.82, 2.24) is 0 Å². The van der Waals surface area contributed by atoms with Crippen molar-refractivity contribution in [3.05, 3.63) is 35.9 Å². The summed E-state index contributed by atoms with van der Waals surface area (Å²) in [4.78, 5) is 0. The summed E-state index contributed by atoms with van der Waals surface area (Å²) >= 11 is 0. The molecule has 6 heteroatoms. The molecule has 0 radical (unpaired) electrons. The zero-order chi connectivity index (χ0) is 26.0. The minimum atomic E-state index is -5.61. The quantitative estimate of drug-likeness (QED) is 0.199. The SMILES string of the molecule is CCCCCCC[C@H]1CC[C@H]([C@H]2CC[C@H](C=Cc3ccc(OCC(F)(F)C(F)(F)F)cc3)CC2)CC1. The maximum Gasteiger partial charge on any atom is 0.456 e. The third-order valence-corrected chi connectivity index (χ3v) is 8.37. The van der Waals surface area contributed by atoms with Crippen LogP contribution in [0.2, 0.25) is 0 Å². The van der Waals surface area contributed by atoms with E-state index in [0.29, 0.717) is 5.92 Å². The standard InChI is InChI=1S/C30H43F5O/c1-2-3-4-5-6-7-23-10-16-26(17-11-23)27-18-12-24(13-19-27)8-9-25-14-20-28(21-15-25)36-22-29(31,32)30(33,34)35/h8-9,14-15,20-21,23-24,26-27H,2-7,10-13,16-19,22H2,1H3/t23-,24-,26-,27-. The minimum absolute atomic E-state index is 0.00259. The fraction of sp³-hybridized carbons (Fsp3) is 0.733. The van der Waals surface area contributed by atoms with Gasteiger partial charge in [-0.05, 0) is 79.9 Å². The van der Waals surface area contributed by atoms with Gasteiger partial charge in [0.2, 0.25) is 0 Å². The Morgan fingerprint density at radius 2 is 1.36 bits per heavy atom. The first-order chi connectivity index (χ1) is 17.2. The number of hydrogen-bond donors (Lipinski definition) is 0. The Bertz CT molecular complexity index is 770. The van der Waals surface area contributed by atoms with E-state index in [1.807, 2.05) is 6.08 Å². The lowest BCUT2D eigenvalue weighted by Gasteiger charge is -2.37. The molecular weight excluding hydrogens is 471 g/mol. The van der Waals surface area contributed by atoms with Crippen LogP contribution in [0.3, 0.4) is 0 Å². The van der Waals surface area contributed by atoms with Gasteiger partial charge in [0.05, 0.1) is 0 Å². The molecule has 0 spiro atoms. The predicted octanol–water partition coefficient (Wildman–Crippen LogP) is 10.2. The first kappa shape index (κ1) is 29.0. The van der Waals surface area contributed by atoms with Gasteiger partial charge in [-0.3, -0.25) is 0 Å². The average molecular weight is 515 g/mol. The van der Waals surface area contributed by atoms with Crippen LogP contribution in [0.1, 0.15) is 102 Å². The second-order valence-electron chi connectivity index (χ2n) is 11.1. The molecule has 0 bridgehead atoms. The van der Waals surface area contributed by atoms with Gasteiger partial charge in [0, 0.05) is 0 Å². The van der Waals surface area contributed by atoms with E-state index in [9.17, 15) is 22.0 Å². The molecule has 204 valence electrons. The fourth-order valence-corrected chi connectivity index (χ4v) is 5.97. The maximum absolute atomic E-state index is 13.0. The van der Waals surface area contributed by atoms with Gasteiger partial charge in [-0.15, -0.1) is 0 Å². The Hall–Kier alpha value is -1.59. The summed E-state index contributed by atoms with van der Waals surface area (Å²) < 4.78 is 67.4. The van der Waals surface area contributed by atoms with Crippen molar-refractivity contribution >= 4 is 6.08 Å². The summed E-state index contributed by atoms with van der Waals surface area (Å²) in [6.07, 6.45) is 17.6. The van der Waals surface area contributed by atoms with Crippen LogP contribution in [0.4, 0.5) is 22.0 Å². The van der Waals surface area contributed by atoms with Crippen molar-refractivity contribution in [3.8, 4) is 5.75 Å². The van der Waals surface area contributed by atoms with Crippen molar-refractivity contribution in [2.45, 2.75) is 109 Å². The summed E-state index contributed by atoms with van der Waals surface area (Å²) in [5, 5.41) is 0. The molecule has 0 amide bonds. The molecular formula is C30H43F5O. The molecule has 36 heavy (non-hydrogen) atoms. The predicted molar refractivity (Wildman–Crippen MR) is 136 cm³/mol. The van der Waals surface area contributed by atoms with Crippen molar-refractivity contribution in [3.63, 3.8) is 0 Å². The van der Waals surface area contributed by atoms with Gasteiger partial charge in [-0.25, -0.2) is 0 Å². The number of rotatable bonds is 12. The molecule has 0 aromatic heterocycles. The minimum Gasteiger partial charge on any atom is -0.487 e. The molecule has 0 saturated heterocycles. The normalized spacial score (nSPS) is 25.8. The van der Waals surface area contributed by atoms with Crippen LogP contribution in [0.5, 0.6) is 5.75 Å². The molecule has 2 aliphatic rings. The van der Waals surface area contributed by atoms with Gasteiger partial charge in [0.1, 0.15) is 5.75 Å². The lowest BCUT2D eigenvalue weighted by Crippen LogP contribution is -2.41. The van der Waals surface area contributed by atoms with Crippen LogP contribution >= 0.6 is 0 Å². The zero-order valence-corrected chi connectivity index (χ0v) is 21.7. The Balaban J connectivity index is 1.34. The molecule has 0 heterocycles. The summed E-state index contributed by atoms with van der Waals surface area (Å²) in [6, 6.07) is 6.24. The summed E-state index contributed by atoms with van der Waals surface area (Å²) in [6.45, 7) is 0.556. The van der Waals surface area contributed by atoms with Gasteiger partial charge < -0.3 is 4.74 Å². The zero-order valence-electron chi connectivity index (χ0n) is 21.7. The highest BCUT2D eigenvalue weighted by Crippen LogP contribution is 2.42. The third-order valence-electron chi connectivity index (χ3n) is 8.37. The van der Waals surface area contributed by atoms with E-state index in [1.165, 1.54) is 102 Å². The lowest BCUT2D eigenvalue weighted by molar-refractivity contribution is -0.290. The molecule has 0 N–H and O–H groups in total. The van der Waals surface area contributed by atoms with Gasteiger partial charge in [-0.2, -0.15) is 22.0 Å². The fourth-order valence-electron chi connectivity index (χ4n) is 5.97. The van der Waals surface area contributed by atoms with Crippen LogP contribution < -0.4 is 4.74 Å². The van der Waals surface area contributed by atoms with Gasteiger partial charge in [0.15, 0.2) is 6.61 Å². The Kier molecular flexibility index (Phi) is 11.1. The molecule has 2 aliphatic carbocycles. The van der Waals surface area contributed by atoms with Crippen LogP contribution in [-0.4, -0.2) is 18.7 Å². The van der Waals surface area contributed by atoms with Gasteiger partial charge >= 0.3 is 12.1 Å². The van der Waals surface area contributed by atoms with Gasteiger partial charge in [-0.1, -0.05) is 82.6 Å². The highest BCUT2D eigenvalue weighted by atomic mass is 19.4. The van der Waals surface area contributed by atoms with E-state index in [0.717, 1.165) is 23.3 Å². The second kappa shape index (κ2) is 13.8. The molecule has 0 atom stereocenters. The number of unbranched alkanes of at least 4 members (excludes halogenated alkanes) is 4. The maximum atomic E-state index is 13.0. The molecule has 1 aromatic carbocycles. The Morgan fingerprint density at radius 1 is 0.778 bits per heavy atom. The summed E-state index contributed by atoms with van der Waals surface area (Å²) in [5.41, 5.74) is 0.889. The lowest BCUT2D eigenvalue weighted by atomic mass is 9.68. The molecule has 3 rings (SSSR count). The third kappa shape index (κ3) is 9.06. The Morgan fingerprint density at radius 3 is 1.94 bits per heavy atom. The molecule has 0 unspecified atom stereocenters. The number of ether oxygens (including phenoxy) is 1. The van der Waals surface area contributed by atoms with Crippen LogP contribution in [0.25, 0.3) is 6.08 Å². The molecule has 1 nitrogen and oxygen atoms in total. The average Bonchev–Trinajstić information content (AvgIpc) is 2.87. The summed E-state index contributed by atoms with van der Waals surface area (Å²) in [7, 11) is 0. The largest absolute Gasteiger partial charge is 0.487 e. The first-order valence-corrected chi connectivity index (χ1v) is 14.0. The van der Waals surface area contributed by atoms with Crippen molar-refractivity contribution < 1.29 is 26.7 Å². The molecule has 2 fully saturated rings. The van der Waals surface area contributed by atoms with E-state index < -0.39 is 18.7 Å². The molecule has 0 aliphatic heterocycles. The van der Waals surface area contributed by atoms with Crippen molar-refractivity contribution in [2.75, 3.05) is 6.61 Å². The first-order valence-electron chi connectivity index (χ1n) is 14.0. The number of alkyl halides is 5. The van der Waals surface area contributed by atoms with Gasteiger partial charge in [0.25, 0.3) is 0 Å². The van der Waals surface area contributed by atoms with E-state index in [4.69, 9.17) is 0 Å². The van der Waals surface area contributed by atoms with Crippen LogP contribution in [0, 0.1) is 23.7 Å². The molecule has 1 aromatic rings. The van der Waals surface area contributed by atoms with Crippen molar-refractivity contribution in [2.24, 2.45) is 23.7 Å². The summed E-state index contributed by atoms with van der Waals surface area (Å²) in [5.74, 6) is -1.59. The Labute approximate surface area is 213 Å². The topological polar surface area (TPSA) is 9.23 Å². The van der Waals surface area contributed by atoms with Crippen LogP contribution in [0.15, 0.2) is 30.3 Å². The van der Waals surface area contributed by atoms with E-state index in [2.05, 4.69) is 17.7 Å². The highest BCUT2D eigenvalue weighted by Gasteiger charge is 2.58. The van der Waals surface area contributed by atoms with Crippen molar-refractivity contribution in [1.29, 1.82) is 0 Å². The smallest absolute Gasteiger partial charge is 0.456 e.